The molecule has 20 heavy (non-hydrogen) atoms. The van der Waals surface area contributed by atoms with Gasteiger partial charge in [-0.25, -0.2) is 0 Å². The van der Waals surface area contributed by atoms with Crippen LogP contribution in [-0.2, 0) is 19.5 Å². The van der Waals surface area contributed by atoms with Crippen LogP contribution in [0.5, 0.6) is 11.5 Å². The van der Waals surface area contributed by atoms with Crippen molar-refractivity contribution in [1.29, 1.82) is 0 Å². The van der Waals surface area contributed by atoms with Crippen LogP contribution in [0.4, 0.5) is 0 Å². The van der Waals surface area contributed by atoms with Gasteiger partial charge in [0.1, 0.15) is 18.1 Å². The van der Waals surface area contributed by atoms with Crippen LogP contribution in [0.3, 0.4) is 0 Å². The molecule has 1 aromatic carbocycles. The molecule has 1 heterocycles. The topological polar surface area (TPSA) is 36.3 Å². The fraction of sp³-hybridized carbons (Fsp3) is 0.357. The number of alkyl halides is 1. The number of nitrogens with zero attached hydrogens (tertiary/aromatic N) is 2. The number of aryl methyl sites for hydroxylation is 2. The van der Waals surface area contributed by atoms with Gasteiger partial charge in [0, 0.05) is 12.6 Å². The quantitative estimate of drug-likeness (QED) is 0.762. The Morgan fingerprint density at radius 1 is 1.40 bits per heavy atom. The van der Waals surface area contributed by atoms with Crippen LogP contribution in [0.1, 0.15) is 17.0 Å². The summed E-state index contributed by atoms with van der Waals surface area (Å²) >= 11 is 9.47. The summed E-state index contributed by atoms with van der Waals surface area (Å²) in [4.78, 5) is 0. The molecule has 0 radical (unpaired) electrons. The molecule has 6 heteroatoms. The maximum absolute atomic E-state index is 5.95. The highest BCUT2D eigenvalue weighted by Gasteiger charge is 2.12. The van der Waals surface area contributed by atoms with Gasteiger partial charge in [-0.15, -0.1) is 11.6 Å². The second-order valence-electron chi connectivity index (χ2n) is 4.37. The van der Waals surface area contributed by atoms with Crippen molar-refractivity contribution in [3.05, 3.63) is 39.6 Å². The first-order valence-corrected chi connectivity index (χ1v) is 7.43. The SMILES string of the molecule is COc1ccc(OCc2c(Br)c(C)nn2C)c(CCl)c1. The van der Waals surface area contributed by atoms with Gasteiger partial charge in [0.05, 0.1) is 28.9 Å². The van der Waals surface area contributed by atoms with Crippen LogP contribution in [0.15, 0.2) is 22.7 Å². The van der Waals surface area contributed by atoms with Gasteiger partial charge in [-0.3, -0.25) is 4.68 Å². The summed E-state index contributed by atoms with van der Waals surface area (Å²) in [6.07, 6.45) is 0. The van der Waals surface area contributed by atoms with Gasteiger partial charge in [-0.1, -0.05) is 0 Å². The predicted molar refractivity (Wildman–Crippen MR) is 82.5 cm³/mol. The van der Waals surface area contributed by atoms with Crippen molar-refractivity contribution < 1.29 is 9.47 Å². The molecule has 0 atom stereocenters. The Bertz CT molecular complexity index is 613. The van der Waals surface area contributed by atoms with Crippen molar-refractivity contribution in [2.75, 3.05) is 7.11 Å². The zero-order valence-corrected chi connectivity index (χ0v) is 14.0. The summed E-state index contributed by atoms with van der Waals surface area (Å²) in [7, 11) is 3.52. The van der Waals surface area contributed by atoms with E-state index in [9.17, 15) is 0 Å². The molecule has 0 N–H and O–H groups in total. The van der Waals surface area contributed by atoms with E-state index in [4.69, 9.17) is 21.1 Å². The predicted octanol–water partition coefficient (Wildman–Crippen LogP) is 3.82. The Balaban J connectivity index is 2.18. The standard InChI is InChI=1S/C14H16BrClN2O2/c1-9-14(15)12(18(2)17-9)8-20-13-5-4-11(19-3)6-10(13)7-16/h4-6H,7-8H2,1-3H3. The minimum atomic E-state index is 0.373. The molecule has 0 saturated heterocycles. The third-order valence-electron chi connectivity index (χ3n) is 3.04. The lowest BCUT2D eigenvalue weighted by molar-refractivity contribution is 0.291. The van der Waals surface area contributed by atoms with Gasteiger partial charge >= 0.3 is 0 Å². The normalized spacial score (nSPS) is 10.7. The fourth-order valence-corrected chi connectivity index (χ4v) is 2.57. The number of hydrogen-bond donors (Lipinski definition) is 0. The second kappa shape index (κ2) is 6.50. The summed E-state index contributed by atoms with van der Waals surface area (Å²) in [6, 6.07) is 5.61. The van der Waals surface area contributed by atoms with E-state index in [1.54, 1.807) is 7.11 Å². The van der Waals surface area contributed by atoms with Crippen molar-refractivity contribution in [1.82, 2.24) is 9.78 Å². The molecule has 108 valence electrons. The van der Waals surface area contributed by atoms with Crippen LogP contribution >= 0.6 is 27.5 Å². The van der Waals surface area contributed by atoms with Gasteiger partial charge < -0.3 is 9.47 Å². The lowest BCUT2D eigenvalue weighted by atomic mass is 10.2. The molecule has 2 aromatic rings. The molecule has 4 nitrogen and oxygen atoms in total. The molecule has 2 rings (SSSR count). The second-order valence-corrected chi connectivity index (χ2v) is 5.43. The first-order valence-electron chi connectivity index (χ1n) is 6.10. The molecular formula is C14H16BrClN2O2. The molecule has 1 aromatic heterocycles. The largest absolute Gasteiger partial charge is 0.497 e. The third-order valence-corrected chi connectivity index (χ3v) is 4.36. The Morgan fingerprint density at radius 2 is 2.15 bits per heavy atom. The van der Waals surface area contributed by atoms with Crippen molar-refractivity contribution in [2.45, 2.75) is 19.4 Å². The van der Waals surface area contributed by atoms with Crippen molar-refractivity contribution in [2.24, 2.45) is 7.05 Å². The zero-order valence-electron chi connectivity index (χ0n) is 11.6. The number of methoxy groups -OCH3 is 1. The Kier molecular flexibility index (Phi) is 4.94. The van der Waals surface area contributed by atoms with E-state index in [0.717, 1.165) is 32.9 Å². The van der Waals surface area contributed by atoms with Gasteiger partial charge in [0.15, 0.2) is 0 Å². The monoisotopic (exact) mass is 358 g/mol. The number of hydrogen-bond acceptors (Lipinski definition) is 3. The Labute approximate surface area is 131 Å². The molecule has 0 unspecified atom stereocenters. The number of ether oxygens (including phenoxy) is 2. The lowest BCUT2D eigenvalue weighted by Crippen LogP contribution is -2.04. The highest BCUT2D eigenvalue weighted by atomic mass is 79.9. The smallest absolute Gasteiger partial charge is 0.131 e. The van der Waals surface area contributed by atoms with Crippen LogP contribution in [0, 0.1) is 6.92 Å². The van der Waals surface area contributed by atoms with Gasteiger partial charge in [0.2, 0.25) is 0 Å². The van der Waals surface area contributed by atoms with Crippen LogP contribution in [0.2, 0.25) is 0 Å². The van der Waals surface area contributed by atoms with E-state index < -0.39 is 0 Å². The van der Waals surface area contributed by atoms with E-state index in [2.05, 4.69) is 21.0 Å². The summed E-state index contributed by atoms with van der Waals surface area (Å²) < 4.78 is 13.8. The molecule has 0 aliphatic carbocycles. The van der Waals surface area contributed by atoms with Gasteiger partial charge in [-0.2, -0.15) is 5.10 Å². The summed E-state index contributed by atoms with van der Waals surface area (Å²) in [5.41, 5.74) is 2.83. The molecule has 0 saturated carbocycles. The first-order chi connectivity index (χ1) is 9.56. The van der Waals surface area contributed by atoms with Crippen LogP contribution < -0.4 is 9.47 Å². The van der Waals surface area contributed by atoms with Gasteiger partial charge in [0.25, 0.3) is 0 Å². The van der Waals surface area contributed by atoms with Crippen molar-refractivity contribution in [3.8, 4) is 11.5 Å². The van der Waals surface area contributed by atoms with Crippen LogP contribution in [0.25, 0.3) is 0 Å². The highest BCUT2D eigenvalue weighted by molar-refractivity contribution is 9.10. The third kappa shape index (κ3) is 3.10. The first kappa shape index (κ1) is 15.2. The molecule has 0 aliphatic rings. The van der Waals surface area contributed by atoms with Gasteiger partial charge in [-0.05, 0) is 41.1 Å². The minimum Gasteiger partial charge on any atom is -0.497 e. The van der Waals surface area contributed by atoms with Crippen molar-refractivity contribution in [3.63, 3.8) is 0 Å². The maximum Gasteiger partial charge on any atom is 0.131 e. The number of halogens is 2. The van der Waals surface area contributed by atoms with E-state index in [-0.39, 0.29) is 0 Å². The number of benzene rings is 1. The average Bonchev–Trinajstić information content (AvgIpc) is 2.70. The molecule has 0 aliphatic heterocycles. The number of aromatic nitrogens is 2. The summed E-state index contributed by atoms with van der Waals surface area (Å²) in [6.45, 7) is 2.37. The molecule has 0 amide bonds. The highest BCUT2D eigenvalue weighted by Crippen LogP contribution is 2.28. The molecule has 0 spiro atoms. The summed E-state index contributed by atoms with van der Waals surface area (Å²) in [5, 5.41) is 4.34. The van der Waals surface area contributed by atoms with Crippen molar-refractivity contribution >= 4 is 27.5 Å². The summed E-state index contributed by atoms with van der Waals surface area (Å²) in [5.74, 6) is 1.90. The average molecular weight is 360 g/mol. The van der Waals surface area contributed by atoms with Crippen LogP contribution in [-0.4, -0.2) is 16.9 Å². The number of rotatable bonds is 5. The fourth-order valence-electron chi connectivity index (χ4n) is 1.91. The molecule has 0 bridgehead atoms. The molecule has 0 fully saturated rings. The molecular weight excluding hydrogens is 344 g/mol. The maximum atomic E-state index is 5.95. The zero-order chi connectivity index (χ0) is 14.7. The Morgan fingerprint density at radius 3 is 2.70 bits per heavy atom. The van der Waals surface area contributed by atoms with E-state index in [0.29, 0.717) is 12.5 Å². The lowest BCUT2D eigenvalue weighted by Gasteiger charge is -2.12. The van der Waals surface area contributed by atoms with E-state index >= 15 is 0 Å². The Hall–Kier alpha value is -1.20. The van der Waals surface area contributed by atoms with E-state index in [1.165, 1.54) is 0 Å². The minimum absolute atomic E-state index is 0.373. The van der Waals surface area contributed by atoms with E-state index in [1.807, 2.05) is 36.9 Å².